The van der Waals surface area contributed by atoms with Crippen LogP contribution < -0.4 is 24.3 Å². The van der Waals surface area contributed by atoms with Crippen LogP contribution in [0.25, 0.3) is 11.1 Å². The van der Waals surface area contributed by atoms with Crippen molar-refractivity contribution in [2.45, 2.75) is 13.8 Å². The quantitative estimate of drug-likeness (QED) is 0.660. The molecule has 9 nitrogen and oxygen atoms in total. The molecule has 0 aliphatic rings. The fourth-order valence-corrected chi connectivity index (χ4v) is 2.74. The second-order valence-electron chi connectivity index (χ2n) is 5.89. The summed E-state index contributed by atoms with van der Waals surface area (Å²) in [6, 6.07) is 3.26. The molecule has 1 aromatic carbocycles. The van der Waals surface area contributed by atoms with Gasteiger partial charge in [-0.25, -0.2) is 9.97 Å². The predicted molar refractivity (Wildman–Crippen MR) is 102 cm³/mol. The number of ether oxygens (including phenoxy) is 4. The Balaban J connectivity index is 1.75. The van der Waals surface area contributed by atoms with Crippen molar-refractivity contribution in [3.05, 3.63) is 29.8 Å². The molecule has 0 aliphatic carbocycles. The summed E-state index contributed by atoms with van der Waals surface area (Å²) in [7, 11) is 4.51. The van der Waals surface area contributed by atoms with Crippen LogP contribution in [0.5, 0.6) is 23.1 Å². The maximum absolute atomic E-state index is 12.3. The molecule has 9 heteroatoms. The van der Waals surface area contributed by atoms with Crippen LogP contribution in [0, 0.1) is 13.8 Å². The minimum absolute atomic E-state index is 0.244. The molecule has 28 heavy (non-hydrogen) atoms. The van der Waals surface area contributed by atoms with E-state index in [0.29, 0.717) is 39.9 Å². The van der Waals surface area contributed by atoms with Gasteiger partial charge in [-0.05, 0) is 13.8 Å². The number of nitrogens with one attached hydrogen (secondary N) is 1. The average molecular weight is 387 g/mol. The first-order valence-corrected chi connectivity index (χ1v) is 8.41. The van der Waals surface area contributed by atoms with E-state index < -0.39 is 0 Å². The van der Waals surface area contributed by atoms with E-state index in [4.69, 9.17) is 23.4 Å². The Kier molecular flexibility index (Phi) is 5.53. The van der Waals surface area contributed by atoms with Gasteiger partial charge in [0.1, 0.15) is 17.5 Å². The van der Waals surface area contributed by atoms with Crippen LogP contribution in [0.1, 0.15) is 11.3 Å². The smallest absolute Gasteiger partial charge is 0.262 e. The van der Waals surface area contributed by atoms with E-state index in [1.54, 1.807) is 12.1 Å². The van der Waals surface area contributed by atoms with E-state index in [0.717, 1.165) is 11.3 Å². The maximum atomic E-state index is 12.3. The second-order valence-corrected chi connectivity index (χ2v) is 5.89. The molecule has 0 unspecified atom stereocenters. The maximum Gasteiger partial charge on any atom is 0.262 e. The van der Waals surface area contributed by atoms with Gasteiger partial charge in [-0.15, -0.1) is 0 Å². The molecule has 0 atom stereocenters. The predicted octanol–water partition coefficient (Wildman–Crippen LogP) is 2.88. The van der Waals surface area contributed by atoms with E-state index in [2.05, 4.69) is 15.3 Å². The molecule has 0 radical (unpaired) electrons. The first-order valence-electron chi connectivity index (χ1n) is 8.41. The number of aromatic nitrogens is 2. The molecule has 3 aromatic rings. The molecule has 0 saturated carbocycles. The van der Waals surface area contributed by atoms with Gasteiger partial charge in [-0.1, -0.05) is 0 Å². The molecule has 2 aromatic heterocycles. The van der Waals surface area contributed by atoms with Gasteiger partial charge in [0, 0.05) is 23.4 Å². The zero-order valence-electron chi connectivity index (χ0n) is 16.3. The molecule has 1 amide bonds. The molecule has 0 fully saturated rings. The Bertz CT molecular complexity index is 989. The zero-order chi connectivity index (χ0) is 20.3. The minimum atomic E-state index is -0.376. The van der Waals surface area contributed by atoms with Crippen molar-refractivity contribution in [3.8, 4) is 23.1 Å². The summed E-state index contributed by atoms with van der Waals surface area (Å²) in [5.41, 5.74) is 1.77. The van der Waals surface area contributed by atoms with Gasteiger partial charge in [-0.3, -0.25) is 4.79 Å². The first kappa shape index (κ1) is 19.3. The summed E-state index contributed by atoms with van der Waals surface area (Å²) in [5, 5.41) is 3.39. The van der Waals surface area contributed by atoms with Gasteiger partial charge in [0.15, 0.2) is 18.1 Å². The Morgan fingerprint density at radius 3 is 2.36 bits per heavy atom. The van der Waals surface area contributed by atoms with Crippen molar-refractivity contribution in [2.24, 2.45) is 0 Å². The normalized spacial score (nSPS) is 10.6. The van der Waals surface area contributed by atoms with E-state index >= 15 is 0 Å². The molecule has 0 saturated heterocycles. The number of hydrogen-bond donors (Lipinski definition) is 1. The third kappa shape index (κ3) is 3.64. The van der Waals surface area contributed by atoms with Crippen LogP contribution in [-0.2, 0) is 4.79 Å². The number of hydrogen-bond acceptors (Lipinski definition) is 8. The van der Waals surface area contributed by atoms with Crippen LogP contribution in [-0.4, -0.2) is 43.8 Å². The largest absolute Gasteiger partial charge is 0.493 e. The molecule has 1 N–H and O–H groups in total. The zero-order valence-corrected chi connectivity index (χ0v) is 16.3. The average Bonchev–Trinajstić information content (AvgIpc) is 2.99. The lowest BCUT2D eigenvalue weighted by molar-refractivity contribution is -0.118. The molecule has 3 rings (SSSR count). The molecule has 0 aliphatic heterocycles. The van der Waals surface area contributed by atoms with Crippen LogP contribution in [0.4, 0.5) is 5.69 Å². The highest BCUT2D eigenvalue weighted by atomic mass is 16.5. The Labute approximate surface area is 161 Å². The van der Waals surface area contributed by atoms with Gasteiger partial charge in [0.05, 0.1) is 21.3 Å². The summed E-state index contributed by atoms with van der Waals surface area (Å²) < 4.78 is 27.0. The number of carbonyl (C=O) groups excluding carboxylic acids is 1. The number of rotatable bonds is 7. The third-order valence-corrected chi connectivity index (χ3v) is 4.22. The van der Waals surface area contributed by atoms with Crippen molar-refractivity contribution in [1.29, 1.82) is 0 Å². The third-order valence-electron chi connectivity index (χ3n) is 4.22. The fourth-order valence-electron chi connectivity index (χ4n) is 2.74. The van der Waals surface area contributed by atoms with Crippen molar-refractivity contribution in [3.63, 3.8) is 0 Å². The van der Waals surface area contributed by atoms with Crippen molar-refractivity contribution in [1.82, 2.24) is 9.97 Å². The fraction of sp³-hybridized carbons (Fsp3) is 0.316. The number of nitrogens with zero attached hydrogens (tertiary/aromatic N) is 2. The molecule has 2 heterocycles. The summed E-state index contributed by atoms with van der Waals surface area (Å²) in [6.45, 7) is 3.47. The molecule has 0 spiro atoms. The molecule has 148 valence electrons. The lowest BCUT2D eigenvalue weighted by atomic mass is 10.2. The highest BCUT2D eigenvalue weighted by Crippen LogP contribution is 2.40. The van der Waals surface area contributed by atoms with Gasteiger partial charge in [0.2, 0.25) is 17.3 Å². The van der Waals surface area contributed by atoms with Crippen LogP contribution >= 0.6 is 0 Å². The number of benzene rings is 1. The van der Waals surface area contributed by atoms with Crippen LogP contribution in [0.3, 0.4) is 0 Å². The van der Waals surface area contributed by atoms with E-state index in [1.165, 1.54) is 27.7 Å². The van der Waals surface area contributed by atoms with Crippen molar-refractivity contribution < 1.29 is 28.2 Å². The molecular weight excluding hydrogens is 366 g/mol. The summed E-state index contributed by atoms with van der Waals surface area (Å²) in [6.07, 6.45) is 1.33. The summed E-state index contributed by atoms with van der Waals surface area (Å²) in [5.74, 6) is 1.94. The standard InChI is InChI=1S/C19H21N3O6/c1-10-11(2)28-19-16(10)18(20-9-21-19)27-8-15(23)22-12-6-13(24-3)17(26-5)14(7-12)25-4/h6-7,9H,8H2,1-5H3,(H,22,23). The van der Waals surface area contributed by atoms with E-state index in [-0.39, 0.29) is 12.5 Å². The van der Waals surface area contributed by atoms with E-state index in [9.17, 15) is 4.79 Å². The van der Waals surface area contributed by atoms with Crippen LogP contribution in [0.15, 0.2) is 22.9 Å². The van der Waals surface area contributed by atoms with Gasteiger partial charge >= 0.3 is 0 Å². The lowest BCUT2D eigenvalue weighted by Gasteiger charge is -2.14. The number of amides is 1. The van der Waals surface area contributed by atoms with E-state index in [1.807, 2.05) is 13.8 Å². The van der Waals surface area contributed by atoms with Crippen molar-refractivity contribution in [2.75, 3.05) is 33.3 Å². The number of furan rings is 1. The second kappa shape index (κ2) is 8.03. The Morgan fingerprint density at radius 1 is 1.07 bits per heavy atom. The SMILES string of the molecule is COc1cc(NC(=O)COc2ncnc3oc(C)c(C)c23)cc(OC)c1OC. The highest BCUT2D eigenvalue weighted by molar-refractivity contribution is 5.93. The minimum Gasteiger partial charge on any atom is -0.493 e. The number of anilines is 1. The number of methoxy groups -OCH3 is 3. The van der Waals surface area contributed by atoms with Crippen molar-refractivity contribution >= 4 is 22.7 Å². The van der Waals surface area contributed by atoms with Gasteiger partial charge in [0.25, 0.3) is 5.91 Å². The number of aryl methyl sites for hydroxylation is 2. The van der Waals surface area contributed by atoms with Crippen LogP contribution in [0.2, 0.25) is 0 Å². The monoisotopic (exact) mass is 387 g/mol. The number of fused-ring (bicyclic) bond motifs is 1. The summed E-state index contributed by atoms with van der Waals surface area (Å²) >= 11 is 0. The Hall–Kier alpha value is -3.49. The topological polar surface area (TPSA) is 105 Å². The molecule has 0 bridgehead atoms. The van der Waals surface area contributed by atoms with Gasteiger partial charge < -0.3 is 28.7 Å². The number of carbonyl (C=O) groups is 1. The Morgan fingerprint density at radius 2 is 1.75 bits per heavy atom. The van der Waals surface area contributed by atoms with Gasteiger partial charge in [-0.2, -0.15) is 0 Å². The molecular formula is C19H21N3O6. The first-order chi connectivity index (χ1) is 13.5. The summed E-state index contributed by atoms with van der Waals surface area (Å²) in [4.78, 5) is 20.5. The lowest BCUT2D eigenvalue weighted by Crippen LogP contribution is -2.20. The highest BCUT2D eigenvalue weighted by Gasteiger charge is 2.17.